The first-order chi connectivity index (χ1) is 8.40. The molecule has 1 aliphatic carbocycles. The second-order valence-corrected chi connectivity index (χ2v) is 4.67. The molecule has 7 heteroatoms. The minimum Gasteiger partial charge on any atom is -0.392 e. The van der Waals surface area contributed by atoms with Crippen LogP contribution < -0.4 is 4.90 Å². The zero-order valence-corrected chi connectivity index (χ0v) is 10.2. The van der Waals surface area contributed by atoms with Crippen LogP contribution in [0.25, 0.3) is 0 Å². The van der Waals surface area contributed by atoms with Crippen molar-refractivity contribution in [1.82, 2.24) is 4.98 Å². The molecule has 0 amide bonds. The van der Waals surface area contributed by atoms with Gasteiger partial charge >= 0.3 is 6.18 Å². The number of hydrogen-bond donors (Lipinski definition) is 1. The molecule has 0 radical (unpaired) electrons. The van der Waals surface area contributed by atoms with E-state index in [1.54, 1.807) is 0 Å². The van der Waals surface area contributed by atoms with Crippen LogP contribution in [-0.2, 0) is 6.61 Å². The predicted octanol–water partition coefficient (Wildman–Crippen LogP) is 2.76. The van der Waals surface area contributed by atoms with Crippen LogP contribution >= 0.6 is 11.6 Å². The molecule has 0 unspecified atom stereocenters. The van der Waals surface area contributed by atoms with Gasteiger partial charge in [0.25, 0.3) is 0 Å². The molecule has 0 bridgehead atoms. The Labute approximate surface area is 107 Å². The fourth-order valence-electron chi connectivity index (χ4n) is 1.72. The highest BCUT2D eigenvalue weighted by Gasteiger charge is 2.38. The van der Waals surface area contributed by atoms with Crippen molar-refractivity contribution in [3.05, 3.63) is 22.8 Å². The van der Waals surface area contributed by atoms with E-state index in [1.807, 2.05) is 0 Å². The average molecular weight is 281 g/mol. The van der Waals surface area contributed by atoms with Crippen molar-refractivity contribution in [3.63, 3.8) is 0 Å². The molecule has 0 atom stereocenters. The van der Waals surface area contributed by atoms with Crippen LogP contribution in [0.2, 0.25) is 5.02 Å². The van der Waals surface area contributed by atoms with Gasteiger partial charge in [-0.05, 0) is 18.9 Å². The first kappa shape index (κ1) is 13.4. The summed E-state index contributed by atoms with van der Waals surface area (Å²) in [5.74, 6) is 0.211. The Hall–Kier alpha value is -1.01. The number of nitrogens with zero attached hydrogens (tertiary/aromatic N) is 2. The first-order valence-corrected chi connectivity index (χ1v) is 5.87. The highest BCUT2D eigenvalue weighted by atomic mass is 35.5. The number of pyridine rings is 1. The zero-order valence-electron chi connectivity index (χ0n) is 9.41. The van der Waals surface area contributed by atoms with Crippen molar-refractivity contribution in [3.8, 4) is 0 Å². The Morgan fingerprint density at radius 2 is 2.11 bits per heavy atom. The molecule has 1 aliphatic rings. The third kappa shape index (κ3) is 3.26. The van der Waals surface area contributed by atoms with E-state index in [4.69, 9.17) is 16.7 Å². The Morgan fingerprint density at radius 1 is 1.44 bits per heavy atom. The van der Waals surface area contributed by atoms with E-state index in [0.717, 1.165) is 12.8 Å². The Morgan fingerprint density at radius 3 is 2.61 bits per heavy atom. The molecule has 1 fully saturated rings. The number of hydrogen-bond acceptors (Lipinski definition) is 3. The lowest BCUT2D eigenvalue weighted by Gasteiger charge is -2.25. The summed E-state index contributed by atoms with van der Waals surface area (Å²) >= 11 is 5.77. The van der Waals surface area contributed by atoms with E-state index in [-0.39, 0.29) is 23.5 Å². The average Bonchev–Trinajstić information content (AvgIpc) is 3.09. The topological polar surface area (TPSA) is 36.4 Å². The van der Waals surface area contributed by atoms with Gasteiger partial charge in [0.1, 0.15) is 12.4 Å². The standard InChI is InChI=1S/C11H12ClF3N2O/c12-9-4-16-10(3-7(9)5-18)17(8-1-2-8)6-11(13,14)15/h3-4,8,18H,1-2,5-6H2. The van der Waals surface area contributed by atoms with Gasteiger partial charge in [0.15, 0.2) is 0 Å². The molecule has 1 heterocycles. The van der Waals surface area contributed by atoms with Crippen LogP contribution in [0.5, 0.6) is 0 Å². The summed E-state index contributed by atoms with van der Waals surface area (Å²) in [5, 5.41) is 9.31. The number of rotatable bonds is 4. The number of aliphatic hydroxyl groups excluding tert-OH is 1. The summed E-state index contributed by atoms with van der Waals surface area (Å²) in [6, 6.07) is 1.29. The third-order valence-corrected chi connectivity index (χ3v) is 3.06. The van der Waals surface area contributed by atoms with Crippen molar-refractivity contribution < 1.29 is 18.3 Å². The lowest BCUT2D eigenvalue weighted by atomic mass is 10.2. The Kier molecular flexibility index (Phi) is 3.68. The molecule has 0 aliphatic heterocycles. The molecular weight excluding hydrogens is 269 g/mol. The maximum absolute atomic E-state index is 12.5. The minimum absolute atomic E-state index is 0.119. The lowest BCUT2D eigenvalue weighted by molar-refractivity contribution is -0.120. The molecule has 0 spiro atoms. The predicted molar refractivity (Wildman–Crippen MR) is 61.6 cm³/mol. The van der Waals surface area contributed by atoms with Gasteiger partial charge < -0.3 is 10.0 Å². The van der Waals surface area contributed by atoms with Gasteiger partial charge in [-0.2, -0.15) is 13.2 Å². The summed E-state index contributed by atoms with van der Waals surface area (Å²) in [6.45, 7) is -1.35. The van der Waals surface area contributed by atoms with Crippen LogP contribution in [0.4, 0.5) is 19.0 Å². The van der Waals surface area contributed by atoms with Gasteiger partial charge in [-0.15, -0.1) is 0 Å². The highest BCUT2D eigenvalue weighted by molar-refractivity contribution is 6.31. The van der Waals surface area contributed by atoms with Gasteiger partial charge in [-0.3, -0.25) is 0 Å². The van der Waals surface area contributed by atoms with Crippen molar-refractivity contribution in [2.75, 3.05) is 11.4 Å². The number of halogens is 4. The first-order valence-electron chi connectivity index (χ1n) is 5.49. The smallest absolute Gasteiger partial charge is 0.392 e. The maximum atomic E-state index is 12.5. The van der Waals surface area contributed by atoms with Gasteiger partial charge in [0.05, 0.1) is 11.6 Å². The molecular formula is C11H12ClF3N2O. The lowest BCUT2D eigenvalue weighted by Crippen LogP contribution is -2.36. The van der Waals surface area contributed by atoms with Gasteiger partial charge in [0.2, 0.25) is 0 Å². The monoisotopic (exact) mass is 280 g/mol. The summed E-state index contributed by atoms with van der Waals surface area (Å²) < 4.78 is 37.5. The SMILES string of the molecule is OCc1cc(N(CC(F)(F)F)C2CC2)ncc1Cl. The summed E-state index contributed by atoms with van der Waals surface area (Å²) in [6.07, 6.45) is -1.54. The highest BCUT2D eigenvalue weighted by Crippen LogP contribution is 2.34. The van der Waals surface area contributed by atoms with Gasteiger partial charge in [0, 0.05) is 17.8 Å². The fourth-order valence-corrected chi connectivity index (χ4v) is 1.89. The molecule has 1 N–H and O–H groups in total. The maximum Gasteiger partial charge on any atom is 0.405 e. The van der Waals surface area contributed by atoms with Gasteiger partial charge in [-0.1, -0.05) is 11.6 Å². The van der Waals surface area contributed by atoms with Crippen molar-refractivity contribution in [2.45, 2.75) is 31.7 Å². The second kappa shape index (κ2) is 4.93. The molecule has 3 nitrogen and oxygen atoms in total. The normalized spacial score (nSPS) is 15.8. The van der Waals surface area contributed by atoms with Crippen molar-refractivity contribution in [1.29, 1.82) is 0 Å². The second-order valence-electron chi connectivity index (χ2n) is 4.27. The number of aliphatic hydroxyl groups is 1. The molecule has 1 aromatic heterocycles. The van der Waals surface area contributed by atoms with Crippen molar-refractivity contribution in [2.24, 2.45) is 0 Å². The van der Waals surface area contributed by atoms with E-state index >= 15 is 0 Å². The van der Waals surface area contributed by atoms with Gasteiger partial charge in [-0.25, -0.2) is 4.98 Å². The van der Waals surface area contributed by atoms with Crippen LogP contribution in [-0.4, -0.2) is 28.9 Å². The van der Waals surface area contributed by atoms with Crippen LogP contribution in [0.1, 0.15) is 18.4 Å². The van der Waals surface area contributed by atoms with E-state index < -0.39 is 12.7 Å². The van der Waals surface area contributed by atoms with Crippen LogP contribution in [0.15, 0.2) is 12.3 Å². The molecule has 2 rings (SSSR count). The molecule has 1 aromatic rings. The zero-order chi connectivity index (χ0) is 13.3. The number of alkyl halides is 3. The van der Waals surface area contributed by atoms with E-state index in [9.17, 15) is 13.2 Å². The molecule has 100 valence electrons. The van der Waals surface area contributed by atoms with E-state index in [1.165, 1.54) is 17.2 Å². The fraction of sp³-hybridized carbons (Fsp3) is 0.545. The number of anilines is 1. The van der Waals surface area contributed by atoms with Crippen molar-refractivity contribution >= 4 is 17.4 Å². The third-order valence-electron chi connectivity index (χ3n) is 2.72. The molecule has 1 saturated carbocycles. The summed E-state index contributed by atoms with van der Waals surface area (Å²) in [5.41, 5.74) is 0.384. The largest absolute Gasteiger partial charge is 0.405 e. The quantitative estimate of drug-likeness (QED) is 0.921. The molecule has 0 saturated heterocycles. The summed E-state index contributed by atoms with van der Waals surface area (Å²) in [7, 11) is 0. The van der Waals surface area contributed by atoms with Crippen LogP contribution in [0, 0.1) is 0 Å². The molecule has 18 heavy (non-hydrogen) atoms. The molecule has 0 aromatic carbocycles. The van der Waals surface area contributed by atoms with E-state index in [2.05, 4.69) is 4.98 Å². The Balaban J connectivity index is 2.25. The minimum atomic E-state index is -4.27. The Bertz CT molecular complexity index is 435. The van der Waals surface area contributed by atoms with E-state index in [0.29, 0.717) is 5.56 Å². The number of aromatic nitrogens is 1. The van der Waals surface area contributed by atoms with Crippen LogP contribution in [0.3, 0.4) is 0 Å². The summed E-state index contributed by atoms with van der Waals surface area (Å²) in [4.78, 5) is 5.13.